The molecule has 1 aliphatic rings. The van der Waals surface area contributed by atoms with E-state index in [1.54, 1.807) is 0 Å². The van der Waals surface area contributed by atoms with Crippen molar-refractivity contribution >= 4 is 5.78 Å². The molecule has 3 rings (SSSR count). The molecule has 0 heterocycles. The molecule has 2 aromatic rings. The summed E-state index contributed by atoms with van der Waals surface area (Å²) in [5.74, 6) is 0.826. The van der Waals surface area contributed by atoms with Gasteiger partial charge in [-0.25, -0.2) is 0 Å². The van der Waals surface area contributed by atoms with Crippen molar-refractivity contribution in [2.75, 3.05) is 6.61 Å². The van der Waals surface area contributed by atoms with Crippen LogP contribution < -0.4 is 0 Å². The van der Waals surface area contributed by atoms with E-state index in [9.17, 15) is 9.90 Å². The van der Waals surface area contributed by atoms with Crippen LogP contribution in [0.15, 0.2) is 54.6 Å². The van der Waals surface area contributed by atoms with Crippen molar-refractivity contribution in [2.24, 2.45) is 17.8 Å². The third kappa shape index (κ3) is 2.84. The Morgan fingerprint density at radius 2 is 1.64 bits per heavy atom. The number of carbonyl (C=O) groups excluding carboxylic acids is 1. The van der Waals surface area contributed by atoms with E-state index in [-0.39, 0.29) is 30.1 Å². The van der Waals surface area contributed by atoms with Gasteiger partial charge in [-0.15, -0.1) is 0 Å². The lowest BCUT2D eigenvalue weighted by Crippen LogP contribution is -2.21. The van der Waals surface area contributed by atoms with E-state index in [2.05, 4.69) is 19.1 Å². The summed E-state index contributed by atoms with van der Waals surface area (Å²) in [4.78, 5) is 12.7. The minimum absolute atomic E-state index is 0.0553. The van der Waals surface area contributed by atoms with Crippen molar-refractivity contribution in [2.45, 2.75) is 19.8 Å². The van der Waals surface area contributed by atoms with Crippen LogP contribution in [0.3, 0.4) is 0 Å². The number of hydrogen-bond donors (Lipinski definition) is 1. The highest BCUT2D eigenvalue weighted by atomic mass is 16.3. The Bertz CT molecular complexity index is 631. The molecule has 0 radical (unpaired) electrons. The summed E-state index contributed by atoms with van der Waals surface area (Å²) in [6, 6.07) is 18.1. The highest BCUT2D eigenvalue weighted by molar-refractivity contribution is 5.98. The first-order valence-electron chi connectivity index (χ1n) is 8.01. The lowest BCUT2D eigenvalue weighted by atomic mass is 9.86. The van der Waals surface area contributed by atoms with Gasteiger partial charge >= 0.3 is 0 Å². The molecule has 1 N–H and O–H groups in total. The topological polar surface area (TPSA) is 37.3 Å². The summed E-state index contributed by atoms with van der Waals surface area (Å²) in [5, 5.41) is 9.36. The molecule has 3 unspecified atom stereocenters. The molecule has 3 atom stereocenters. The fourth-order valence-electron chi connectivity index (χ4n) is 3.55. The highest BCUT2D eigenvalue weighted by Gasteiger charge is 2.36. The van der Waals surface area contributed by atoms with Crippen molar-refractivity contribution in [3.63, 3.8) is 0 Å². The van der Waals surface area contributed by atoms with Gasteiger partial charge in [0.1, 0.15) is 0 Å². The smallest absolute Gasteiger partial charge is 0.166 e. The van der Waals surface area contributed by atoms with Gasteiger partial charge in [-0.1, -0.05) is 61.5 Å². The van der Waals surface area contributed by atoms with E-state index >= 15 is 0 Å². The summed E-state index contributed by atoms with van der Waals surface area (Å²) in [6.07, 6.45) is 1.85. The largest absolute Gasteiger partial charge is 0.396 e. The molecule has 0 aromatic heterocycles. The lowest BCUT2D eigenvalue weighted by Gasteiger charge is -2.18. The second kappa shape index (κ2) is 6.45. The second-order valence-corrected chi connectivity index (χ2v) is 6.29. The van der Waals surface area contributed by atoms with Gasteiger partial charge in [-0.3, -0.25) is 4.79 Å². The zero-order chi connectivity index (χ0) is 15.5. The van der Waals surface area contributed by atoms with Crippen LogP contribution in [0.4, 0.5) is 0 Å². The number of Topliss-reactive ketones (excluding diaryl/α,β-unsaturated/α-hetero) is 1. The van der Waals surface area contributed by atoms with Gasteiger partial charge in [0, 0.05) is 18.1 Å². The molecule has 1 aliphatic carbocycles. The Morgan fingerprint density at radius 3 is 2.23 bits per heavy atom. The first-order chi connectivity index (χ1) is 10.7. The van der Waals surface area contributed by atoms with Crippen molar-refractivity contribution < 1.29 is 9.90 Å². The minimum Gasteiger partial charge on any atom is -0.396 e. The molecular weight excluding hydrogens is 272 g/mol. The van der Waals surface area contributed by atoms with Crippen LogP contribution in [0.1, 0.15) is 30.1 Å². The van der Waals surface area contributed by atoms with Gasteiger partial charge in [0.25, 0.3) is 0 Å². The molecule has 22 heavy (non-hydrogen) atoms. The van der Waals surface area contributed by atoms with Crippen LogP contribution in [0, 0.1) is 17.8 Å². The quantitative estimate of drug-likeness (QED) is 0.858. The fourth-order valence-corrected chi connectivity index (χ4v) is 3.55. The Hall–Kier alpha value is -1.93. The Balaban J connectivity index is 1.77. The molecule has 1 fully saturated rings. The van der Waals surface area contributed by atoms with Crippen LogP contribution in [-0.2, 0) is 0 Å². The van der Waals surface area contributed by atoms with Crippen molar-refractivity contribution in [3.8, 4) is 11.1 Å². The van der Waals surface area contributed by atoms with E-state index in [0.29, 0.717) is 0 Å². The monoisotopic (exact) mass is 294 g/mol. The van der Waals surface area contributed by atoms with Crippen LogP contribution in [0.2, 0.25) is 0 Å². The summed E-state index contributed by atoms with van der Waals surface area (Å²) < 4.78 is 0. The molecule has 0 saturated heterocycles. The van der Waals surface area contributed by atoms with Crippen LogP contribution in [0.25, 0.3) is 11.1 Å². The zero-order valence-corrected chi connectivity index (χ0v) is 12.9. The molecule has 2 heteroatoms. The summed E-state index contributed by atoms with van der Waals surface area (Å²) >= 11 is 0. The van der Waals surface area contributed by atoms with Crippen LogP contribution in [-0.4, -0.2) is 17.5 Å². The maximum Gasteiger partial charge on any atom is 0.166 e. The molecule has 114 valence electrons. The van der Waals surface area contributed by atoms with Crippen molar-refractivity contribution in [3.05, 3.63) is 60.2 Å². The Morgan fingerprint density at radius 1 is 1.00 bits per heavy atom. The average Bonchev–Trinajstić information content (AvgIpc) is 2.96. The fraction of sp³-hybridized carbons (Fsp3) is 0.350. The molecule has 0 bridgehead atoms. The number of rotatable bonds is 4. The number of hydrogen-bond acceptors (Lipinski definition) is 2. The normalized spacial score (nSPS) is 24.4. The number of carbonyl (C=O) groups is 1. The molecule has 2 aromatic carbocycles. The maximum absolute atomic E-state index is 12.7. The third-order valence-corrected chi connectivity index (χ3v) is 5.07. The second-order valence-electron chi connectivity index (χ2n) is 6.29. The molecule has 1 saturated carbocycles. The van der Waals surface area contributed by atoms with E-state index in [4.69, 9.17) is 0 Å². The molecule has 0 aliphatic heterocycles. The average molecular weight is 294 g/mol. The number of benzene rings is 2. The first-order valence-corrected chi connectivity index (χ1v) is 8.01. The minimum atomic E-state index is 0.0553. The molecular formula is C20H22O2. The molecule has 2 nitrogen and oxygen atoms in total. The third-order valence-electron chi connectivity index (χ3n) is 5.07. The van der Waals surface area contributed by atoms with Gasteiger partial charge in [0.2, 0.25) is 0 Å². The zero-order valence-electron chi connectivity index (χ0n) is 12.9. The van der Waals surface area contributed by atoms with Gasteiger partial charge < -0.3 is 5.11 Å². The number of aliphatic hydroxyl groups excluding tert-OH is 1. The van der Waals surface area contributed by atoms with Crippen molar-refractivity contribution in [1.29, 1.82) is 0 Å². The molecule has 0 amide bonds. The number of ketones is 1. The number of aliphatic hydroxyl groups is 1. The van der Waals surface area contributed by atoms with E-state index < -0.39 is 0 Å². The van der Waals surface area contributed by atoms with Gasteiger partial charge in [0.05, 0.1) is 0 Å². The predicted molar refractivity (Wildman–Crippen MR) is 88.7 cm³/mol. The maximum atomic E-state index is 12.7. The Kier molecular flexibility index (Phi) is 4.39. The Labute approximate surface area is 131 Å². The van der Waals surface area contributed by atoms with Gasteiger partial charge in [-0.05, 0) is 35.8 Å². The van der Waals surface area contributed by atoms with Gasteiger partial charge in [-0.2, -0.15) is 0 Å². The summed E-state index contributed by atoms with van der Waals surface area (Å²) in [5.41, 5.74) is 3.08. The van der Waals surface area contributed by atoms with Crippen LogP contribution in [0.5, 0.6) is 0 Å². The summed E-state index contributed by atoms with van der Waals surface area (Å²) in [7, 11) is 0. The SMILES string of the molecule is CC1C(CO)CCC1C(=O)c1ccc(-c2ccccc2)cc1. The van der Waals surface area contributed by atoms with E-state index in [1.807, 2.05) is 42.5 Å². The standard InChI is InChI=1S/C20H22O2/c1-14-18(13-21)11-12-19(14)20(22)17-9-7-16(8-10-17)15-5-3-2-4-6-15/h2-10,14,18-19,21H,11-13H2,1H3. The van der Waals surface area contributed by atoms with Crippen LogP contribution >= 0.6 is 0 Å². The highest BCUT2D eigenvalue weighted by Crippen LogP contribution is 2.38. The predicted octanol–water partition coefficient (Wildman–Crippen LogP) is 4.19. The van der Waals surface area contributed by atoms with E-state index in [1.165, 1.54) is 0 Å². The van der Waals surface area contributed by atoms with E-state index in [0.717, 1.165) is 29.5 Å². The van der Waals surface area contributed by atoms with Crippen molar-refractivity contribution in [1.82, 2.24) is 0 Å². The first kappa shape index (κ1) is 15.0. The summed E-state index contributed by atoms with van der Waals surface area (Å²) in [6.45, 7) is 2.28. The molecule has 0 spiro atoms. The van der Waals surface area contributed by atoms with Gasteiger partial charge in [0.15, 0.2) is 5.78 Å². The lowest BCUT2D eigenvalue weighted by molar-refractivity contribution is 0.0875.